The van der Waals surface area contributed by atoms with Crippen LogP contribution in [0.15, 0.2) is 194 Å². The summed E-state index contributed by atoms with van der Waals surface area (Å²) in [6, 6.07) is 60.1. The van der Waals surface area contributed by atoms with Crippen LogP contribution in [0.2, 0.25) is 0 Å². The van der Waals surface area contributed by atoms with E-state index in [1.807, 2.05) is 89.5 Å². The normalized spacial score (nSPS) is 11.5. The summed E-state index contributed by atoms with van der Waals surface area (Å²) in [5, 5.41) is 41.2. The Morgan fingerprint density at radius 3 is 1.08 bits per heavy atom. The molecule has 0 saturated heterocycles. The molecular weight excluding hydrogens is 983 g/mol. The molecule has 0 aliphatic heterocycles. The maximum absolute atomic E-state index is 14.3. The van der Waals surface area contributed by atoms with Gasteiger partial charge in [-0.2, -0.15) is 47.4 Å². The van der Waals surface area contributed by atoms with Crippen LogP contribution in [-0.4, -0.2) is 19.5 Å². The molecule has 0 amide bonds. The summed E-state index contributed by atoms with van der Waals surface area (Å²) < 4.78 is 87.9. The molecule has 8 nitrogen and oxygen atoms in total. The minimum absolute atomic E-state index is 0.161. The van der Waals surface area contributed by atoms with E-state index >= 15 is 0 Å². The average molecular weight is 1010 g/mol. The molecule has 0 bridgehead atoms. The van der Waals surface area contributed by atoms with Crippen molar-refractivity contribution in [3.63, 3.8) is 0 Å². The van der Waals surface area contributed by atoms with E-state index < -0.39 is 23.5 Å². The largest absolute Gasteiger partial charge is 0.416 e. The van der Waals surface area contributed by atoms with Crippen LogP contribution in [0, 0.1) is 45.3 Å². The molecule has 0 saturated carbocycles. The molecule has 2 aromatic heterocycles. The summed E-state index contributed by atoms with van der Waals surface area (Å²) in [4.78, 5) is 14.8. The molecule has 0 radical (unpaired) electrons. The number of fused-ring (bicyclic) bond motifs is 3. The highest BCUT2D eigenvalue weighted by molar-refractivity contribution is 6.13. The Morgan fingerprint density at radius 1 is 0.338 bits per heavy atom. The highest BCUT2D eigenvalue weighted by atomic mass is 19.4. The van der Waals surface area contributed by atoms with E-state index in [0.717, 1.165) is 24.3 Å². The molecule has 77 heavy (non-hydrogen) atoms. The zero-order valence-electron chi connectivity index (χ0n) is 39.8. The van der Waals surface area contributed by atoms with Crippen LogP contribution in [0.1, 0.15) is 33.4 Å². The number of hydrogen-bond acceptors (Lipinski definition) is 7. The molecule has 0 spiro atoms. The zero-order chi connectivity index (χ0) is 53.6. The molecule has 14 heteroatoms. The first-order valence-electron chi connectivity index (χ1n) is 23.6. The van der Waals surface area contributed by atoms with Gasteiger partial charge < -0.3 is 4.57 Å². The number of aromatic nitrogens is 4. The van der Waals surface area contributed by atoms with Gasteiger partial charge in [-0.1, -0.05) is 109 Å². The van der Waals surface area contributed by atoms with Crippen molar-refractivity contribution in [3.8, 4) is 109 Å². The predicted molar refractivity (Wildman–Crippen MR) is 281 cm³/mol. The number of halogens is 6. The molecule has 0 aliphatic rings. The van der Waals surface area contributed by atoms with E-state index in [-0.39, 0.29) is 28.1 Å². The van der Waals surface area contributed by atoms with Gasteiger partial charge >= 0.3 is 12.4 Å². The number of nitriles is 4. The van der Waals surface area contributed by atoms with Crippen molar-refractivity contribution in [1.29, 1.82) is 21.0 Å². The van der Waals surface area contributed by atoms with Crippen molar-refractivity contribution >= 4 is 21.8 Å². The van der Waals surface area contributed by atoms with Crippen LogP contribution in [0.4, 0.5) is 26.3 Å². The van der Waals surface area contributed by atoms with Crippen LogP contribution in [0.3, 0.4) is 0 Å². The molecule has 0 fully saturated rings. The van der Waals surface area contributed by atoms with Gasteiger partial charge in [0.05, 0.1) is 74.4 Å². The van der Waals surface area contributed by atoms with Crippen LogP contribution in [-0.2, 0) is 12.4 Å². The lowest BCUT2D eigenvalue weighted by Gasteiger charge is -2.22. The average Bonchev–Trinajstić information content (AvgIpc) is 3.99. The van der Waals surface area contributed by atoms with E-state index in [0.29, 0.717) is 100 Å². The second-order valence-corrected chi connectivity index (χ2v) is 17.9. The SMILES string of the molecule is N#Cc1ccc(-c2ccc3c(c2)c2cc(-c4ccc(C#N)cc4C#N)ccc2n3-c2c(-c3ccc(C(F)(F)F)cc3)cc(-c3nc(-c4ccccc4)nc(-c4ccccc4)n3)cc2-c2ccc(C(F)(F)F)cc2)c(C#N)c1. The number of hydrogen-bond donors (Lipinski definition) is 0. The standard InChI is InChI=1S/C63H32F6N8/c64-62(65,66)48-19-13-39(14-20-48)52-31-45(61-75-59(41-7-3-1-4-8-41)74-60(76-61)42-9-5-2-6-10-42)32-53(40-15-21-49(22-16-40)63(67,68)69)58(52)77-56-25-17-43(50-23-11-37(33-70)27-46(50)35-72)29-54(56)55-30-44(18-26-57(55)77)51-24-12-38(34-71)28-47(51)36-73/h1-32H. The van der Waals surface area contributed by atoms with Gasteiger partial charge in [-0.05, 0) is 118 Å². The third-order valence-electron chi connectivity index (χ3n) is 13.3. The van der Waals surface area contributed by atoms with E-state index in [1.54, 1.807) is 48.5 Å². The molecule has 0 N–H and O–H groups in total. The van der Waals surface area contributed by atoms with Crippen LogP contribution in [0.5, 0.6) is 0 Å². The lowest BCUT2D eigenvalue weighted by molar-refractivity contribution is -0.138. The number of benzene rings is 9. The minimum Gasteiger partial charge on any atom is -0.308 e. The predicted octanol–water partition coefficient (Wildman–Crippen LogP) is 16.2. The Bertz CT molecular complexity index is 4060. The maximum atomic E-state index is 14.3. The first-order chi connectivity index (χ1) is 37.2. The van der Waals surface area contributed by atoms with E-state index in [2.05, 4.69) is 24.3 Å². The first kappa shape index (κ1) is 48.6. The van der Waals surface area contributed by atoms with E-state index in [1.165, 1.54) is 36.4 Å². The third kappa shape index (κ3) is 9.14. The molecule has 9 aromatic carbocycles. The molecule has 0 unspecified atom stereocenters. The third-order valence-corrected chi connectivity index (χ3v) is 13.3. The van der Waals surface area contributed by atoms with Gasteiger partial charge in [0.15, 0.2) is 17.5 Å². The molecule has 366 valence electrons. The minimum atomic E-state index is -4.69. The van der Waals surface area contributed by atoms with Gasteiger partial charge in [0.1, 0.15) is 0 Å². The van der Waals surface area contributed by atoms with Crippen molar-refractivity contribution in [2.45, 2.75) is 12.4 Å². The fourth-order valence-corrected chi connectivity index (χ4v) is 9.58. The number of alkyl halides is 6. The van der Waals surface area contributed by atoms with Crippen LogP contribution >= 0.6 is 0 Å². The van der Waals surface area contributed by atoms with Gasteiger partial charge in [0.2, 0.25) is 0 Å². The van der Waals surface area contributed by atoms with Crippen molar-refractivity contribution < 1.29 is 26.3 Å². The Labute approximate surface area is 435 Å². The van der Waals surface area contributed by atoms with Crippen LogP contribution < -0.4 is 0 Å². The monoisotopic (exact) mass is 1010 g/mol. The lowest BCUT2D eigenvalue weighted by atomic mass is 9.91. The Morgan fingerprint density at radius 2 is 0.714 bits per heavy atom. The Balaban J connectivity index is 1.28. The van der Waals surface area contributed by atoms with Crippen molar-refractivity contribution in [2.24, 2.45) is 0 Å². The molecule has 0 atom stereocenters. The molecule has 11 aromatic rings. The van der Waals surface area contributed by atoms with Crippen molar-refractivity contribution in [1.82, 2.24) is 19.5 Å². The van der Waals surface area contributed by atoms with Gasteiger partial charge in [0, 0.05) is 38.6 Å². The second-order valence-electron chi connectivity index (χ2n) is 17.9. The summed E-state index contributed by atoms with van der Waals surface area (Å²) in [7, 11) is 0. The molecule has 0 aliphatic carbocycles. The first-order valence-corrected chi connectivity index (χ1v) is 23.6. The highest BCUT2D eigenvalue weighted by Crippen LogP contribution is 2.46. The van der Waals surface area contributed by atoms with Gasteiger partial charge in [0.25, 0.3) is 0 Å². The van der Waals surface area contributed by atoms with Gasteiger partial charge in [-0.3, -0.25) is 0 Å². The van der Waals surface area contributed by atoms with Crippen molar-refractivity contribution in [2.75, 3.05) is 0 Å². The summed E-state index contributed by atoms with van der Waals surface area (Å²) in [5.74, 6) is 0.778. The fourth-order valence-electron chi connectivity index (χ4n) is 9.58. The molecular formula is C63H32F6N8. The zero-order valence-corrected chi connectivity index (χ0v) is 39.8. The topological polar surface area (TPSA) is 139 Å². The summed E-state index contributed by atoms with van der Waals surface area (Å²) in [5.41, 5.74) is 5.87. The fraction of sp³-hybridized carbons (Fsp3) is 0.0317. The highest BCUT2D eigenvalue weighted by Gasteiger charge is 2.32. The van der Waals surface area contributed by atoms with Gasteiger partial charge in [-0.15, -0.1) is 0 Å². The summed E-state index contributed by atoms with van der Waals surface area (Å²) in [6.07, 6.45) is -9.38. The van der Waals surface area contributed by atoms with E-state index in [4.69, 9.17) is 15.0 Å². The summed E-state index contributed by atoms with van der Waals surface area (Å²) in [6.45, 7) is 0. The number of nitrogens with zero attached hydrogens (tertiary/aromatic N) is 8. The molecule has 2 heterocycles. The molecule has 11 rings (SSSR count). The van der Waals surface area contributed by atoms with Crippen molar-refractivity contribution in [3.05, 3.63) is 228 Å². The lowest BCUT2D eigenvalue weighted by Crippen LogP contribution is -2.06. The second kappa shape index (κ2) is 19.3. The Kier molecular flexibility index (Phi) is 12.2. The maximum Gasteiger partial charge on any atom is 0.416 e. The number of rotatable bonds is 8. The quantitative estimate of drug-likeness (QED) is 0.138. The van der Waals surface area contributed by atoms with E-state index in [9.17, 15) is 47.4 Å². The van der Waals surface area contributed by atoms with Crippen LogP contribution in [0.25, 0.3) is 106 Å². The summed E-state index contributed by atoms with van der Waals surface area (Å²) >= 11 is 0. The van der Waals surface area contributed by atoms with Gasteiger partial charge in [-0.25, -0.2) is 15.0 Å². The Hall–Kier alpha value is -10.7. The smallest absolute Gasteiger partial charge is 0.308 e.